The highest BCUT2D eigenvalue weighted by Crippen LogP contribution is 2.14. The molecule has 0 bridgehead atoms. The molecule has 0 fully saturated rings. The van der Waals surface area contributed by atoms with Crippen molar-refractivity contribution in [3.63, 3.8) is 0 Å². The number of hydrogen-bond acceptors (Lipinski definition) is 3. The molecule has 0 spiro atoms. The molecular weight excluding hydrogens is 290 g/mol. The SMILES string of the molecule is CC(C)CNC(=O)CCNCC(=O)Nc1cccc(Cl)c1. The number of benzene rings is 1. The first kappa shape index (κ1) is 17.5. The molecule has 1 aromatic rings. The Morgan fingerprint density at radius 3 is 2.67 bits per heavy atom. The second-order valence-corrected chi connectivity index (χ2v) is 5.62. The molecule has 0 heterocycles. The molecule has 21 heavy (non-hydrogen) atoms. The third-order valence-electron chi connectivity index (χ3n) is 2.63. The van der Waals surface area contributed by atoms with Gasteiger partial charge in [-0.1, -0.05) is 31.5 Å². The van der Waals surface area contributed by atoms with Crippen LogP contribution in [0.15, 0.2) is 24.3 Å². The summed E-state index contributed by atoms with van der Waals surface area (Å²) in [5.41, 5.74) is 0.656. The van der Waals surface area contributed by atoms with Crippen LogP contribution in [0, 0.1) is 5.92 Å². The number of hydrogen-bond donors (Lipinski definition) is 3. The Labute approximate surface area is 130 Å². The van der Waals surface area contributed by atoms with Crippen molar-refractivity contribution in [2.24, 2.45) is 5.92 Å². The maximum atomic E-state index is 11.7. The summed E-state index contributed by atoms with van der Waals surface area (Å²) in [5, 5.41) is 9.05. The minimum Gasteiger partial charge on any atom is -0.356 e. The molecule has 0 aliphatic rings. The molecule has 0 atom stereocenters. The lowest BCUT2D eigenvalue weighted by Gasteiger charge is -2.09. The standard InChI is InChI=1S/C15H22ClN3O2/c1-11(2)9-18-14(20)6-7-17-10-15(21)19-13-5-3-4-12(16)8-13/h3-5,8,11,17H,6-7,9-10H2,1-2H3,(H,18,20)(H,19,21). The van der Waals surface area contributed by atoms with Gasteiger partial charge in [0.15, 0.2) is 0 Å². The van der Waals surface area contributed by atoms with Crippen molar-refractivity contribution in [1.29, 1.82) is 0 Å². The first-order valence-corrected chi connectivity index (χ1v) is 7.38. The number of carbonyl (C=O) groups excluding carboxylic acids is 2. The fourth-order valence-corrected chi connectivity index (χ4v) is 1.77. The van der Waals surface area contributed by atoms with Gasteiger partial charge in [-0.25, -0.2) is 0 Å². The molecule has 0 aliphatic heterocycles. The van der Waals surface area contributed by atoms with Gasteiger partial charge in [-0.2, -0.15) is 0 Å². The van der Waals surface area contributed by atoms with E-state index in [1.165, 1.54) is 0 Å². The van der Waals surface area contributed by atoms with E-state index in [-0.39, 0.29) is 18.4 Å². The average Bonchev–Trinajstić information content (AvgIpc) is 2.41. The minimum absolute atomic E-state index is 0.00792. The van der Waals surface area contributed by atoms with Crippen molar-refractivity contribution in [2.45, 2.75) is 20.3 Å². The lowest BCUT2D eigenvalue weighted by Crippen LogP contribution is -2.33. The van der Waals surface area contributed by atoms with Crippen molar-refractivity contribution < 1.29 is 9.59 Å². The highest BCUT2D eigenvalue weighted by molar-refractivity contribution is 6.30. The second-order valence-electron chi connectivity index (χ2n) is 5.18. The number of rotatable bonds is 8. The van der Waals surface area contributed by atoms with Crippen LogP contribution in [-0.2, 0) is 9.59 Å². The Hall–Kier alpha value is -1.59. The maximum absolute atomic E-state index is 11.7. The highest BCUT2D eigenvalue weighted by Gasteiger charge is 2.04. The molecule has 116 valence electrons. The van der Waals surface area contributed by atoms with Gasteiger partial charge in [0.25, 0.3) is 0 Å². The lowest BCUT2D eigenvalue weighted by molar-refractivity contribution is -0.121. The molecule has 1 rings (SSSR count). The van der Waals surface area contributed by atoms with Crippen molar-refractivity contribution >= 4 is 29.1 Å². The van der Waals surface area contributed by atoms with Crippen molar-refractivity contribution in [2.75, 3.05) is 25.0 Å². The minimum atomic E-state index is -0.167. The number of anilines is 1. The molecule has 6 heteroatoms. The van der Waals surface area contributed by atoms with Gasteiger partial charge < -0.3 is 16.0 Å². The quantitative estimate of drug-likeness (QED) is 0.643. The Kier molecular flexibility index (Phi) is 7.79. The van der Waals surface area contributed by atoms with Gasteiger partial charge in [0.1, 0.15) is 0 Å². The average molecular weight is 312 g/mol. The topological polar surface area (TPSA) is 70.2 Å². The predicted molar refractivity (Wildman–Crippen MR) is 85.4 cm³/mol. The zero-order valence-corrected chi connectivity index (χ0v) is 13.2. The Morgan fingerprint density at radius 1 is 1.24 bits per heavy atom. The van der Waals surface area contributed by atoms with E-state index >= 15 is 0 Å². The van der Waals surface area contributed by atoms with Crippen molar-refractivity contribution in [1.82, 2.24) is 10.6 Å². The summed E-state index contributed by atoms with van der Waals surface area (Å²) in [4.78, 5) is 23.1. The molecule has 0 aliphatic carbocycles. The van der Waals surface area contributed by atoms with Crippen molar-refractivity contribution in [3.8, 4) is 0 Å². The predicted octanol–water partition coefficient (Wildman–Crippen LogP) is 2.03. The highest BCUT2D eigenvalue weighted by atomic mass is 35.5. The van der Waals surface area contributed by atoms with E-state index in [0.717, 1.165) is 0 Å². The summed E-state index contributed by atoms with van der Waals surface area (Å²) in [6, 6.07) is 6.96. The van der Waals surface area contributed by atoms with E-state index in [2.05, 4.69) is 16.0 Å². The molecule has 0 aromatic heterocycles. The summed E-state index contributed by atoms with van der Waals surface area (Å²) in [6.07, 6.45) is 0.358. The van der Waals surface area contributed by atoms with Crippen LogP contribution in [0.3, 0.4) is 0 Å². The Bertz CT molecular complexity index is 478. The summed E-state index contributed by atoms with van der Waals surface area (Å²) in [5.74, 6) is 0.261. The van der Waals surface area contributed by atoms with Crippen LogP contribution >= 0.6 is 11.6 Å². The van der Waals surface area contributed by atoms with Gasteiger partial charge in [-0.05, 0) is 24.1 Å². The van der Waals surface area contributed by atoms with E-state index in [9.17, 15) is 9.59 Å². The van der Waals surface area contributed by atoms with E-state index in [4.69, 9.17) is 11.6 Å². The monoisotopic (exact) mass is 311 g/mol. The normalized spacial score (nSPS) is 10.5. The van der Waals surface area contributed by atoms with E-state index in [1.807, 2.05) is 13.8 Å². The Balaban J connectivity index is 2.15. The van der Waals surface area contributed by atoms with Crippen LogP contribution in [0.4, 0.5) is 5.69 Å². The second kappa shape index (κ2) is 9.37. The molecule has 2 amide bonds. The van der Waals surface area contributed by atoms with E-state index in [1.54, 1.807) is 24.3 Å². The lowest BCUT2D eigenvalue weighted by atomic mass is 10.2. The van der Waals surface area contributed by atoms with Gasteiger partial charge in [-0.3, -0.25) is 9.59 Å². The van der Waals surface area contributed by atoms with E-state index in [0.29, 0.717) is 36.1 Å². The van der Waals surface area contributed by atoms with Crippen LogP contribution in [-0.4, -0.2) is 31.4 Å². The number of halogens is 1. The summed E-state index contributed by atoms with van der Waals surface area (Å²) in [6.45, 7) is 5.38. The fraction of sp³-hybridized carbons (Fsp3) is 0.467. The van der Waals surface area contributed by atoms with Gasteiger partial charge in [0.2, 0.25) is 11.8 Å². The zero-order chi connectivity index (χ0) is 15.7. The zero-order valence-electron chi connectivity index (χ0n) is 12.4. The molecular formula is C15H22ClN3O2. The van der Waals surface area contributed by atoms with Crippen LogP contribution in [0.1, 0.15) is 20.3 Å². The molecule has 0 radical (unpaired) electrons. The molecule has 5 nitrogen and oxygen atoms in total. The van der Waals surface area contributed by atoms with Crippen LogP contribution in [0.2, 0.25) is 5.02 Å². The largest absolute Gasteiger partial charge is 0.356 e. The molecule has 3 N–H and O–H groups in total. The van der Waals surface area contributed by atoms with Gasteiger partial charge in [0, 0.05) is 30.2 Å². The number of nitrogens with one attached hydrogen (secondary N) is 3. The third kappa shape index (κ3) is 8.32. The first-order valence-electron chi connectivity index (χ1n) is 7.00. The van der Waals surface area contributed by atoms with Gasteiger partial charge in [0.05, 0.1) is 6.54 Å². The Morgan fingerprint density at radius 2 is 2.00 bits per heavy atom. The summed E-state index contributed by atoms with van der Waals surface area (Å²) in [7, 11) is 0. The molecule has 0 saturated carbocycles. The smallest absolute Gasteiger partial charge is 0.238 e. The number of carbonyl (C=O) groups is 2. The van der Waals surface area contributed by atoms with Gasteiger partial charge >= 0.3 is 0 Å². The molecule has 1 aromatic carbocycles. The van der Waals surface area contributed by atoms with Crippen LogP contribution < -0.4 is 16.0 Å². The van der Waals surface area contributed by atoms with Gasteiger partial charge in [-0.15, -0.1) is 0 Å². The first-order chi connectivity index (χ1) is 9.97. The van der Waals surface area contributed by atoms with Crippen molar-refractivity contribution in [3.05, 3.63) is 29.3 Å². The summed E-state index contributed by atoms with van der Waals surface area (Å²) >= 11 is 5.83. The fourth-order valence-electron chi connectivity index (χ4n) is 1.58. The number of amides is 2. The van der Waals surface area contributed by atoms with E-state index < -0.39 is 0 Å². The maximum Gasteiger partial charge on any atom is 0.238 e. The molecule has 0 saturated heterocycles. The van der Waals surface area contributed by atoms with Crippen LogP contribution in [0.5, 0.6) is 0 Å². The summed E-state index contributed by atoms with van der Waals surface area (Å²) < 4.78 is 0. The van der Waals surface area contributed by atoms with Crippen LogP contribution in [0.25, 0.3) is 0 Å². The third-order valence-corrected chi connectivity index (χ3v) is 2.87. The molecule has 0 unspecified atom stereocenters.